The van der Waals surface area contributed by atoms with Gasteiger partial charge in [-0.3, -0.25) is 0 Å². The summed E-state index contributed by atoms with van der Waals surface area (Å²) < 4.78 is 42.9. The van der Waals surface area contributed by atoms with Gasteiger partial charge in [-0.2, -0.15) is 13.2 Å². The first-order chi connectivity index (χ1) is 8.47. The molecule has 1 aromatic heterocycles. The molecule has 0 bridgehead atoms. The highest BCUT2D eigenvalue weighted by Gasteiger charge is 2.31. The van der Waals surface area contributed by atoms with E-state index < -0.39 is 11.7 Å². The number of pyridine rings is 1. The fourth-order valence-electron chi connectivity index (χ4n) is 1.28. The summed E-state index contributed by atoms with van der Waals surface area (Å²) in [5.74, 6) is 0.597. The van der Waals surface area contributed by atoms with Crippen LogP contribution in [0.4, 0.5) is 13.2 Å². The molecule has 6 heteroatoms. The fraction of sp³-hybridized carbons (Fsp3) is 0.0833. The van der Waals surface area contributed by atoms with Gasteiger partial charge in [0.25, 0.3) is 0 Å². The van der Waals surface area contributed by atoms with Crippen LogP contribution in [0.1, 0.15) is 5.56 Å². The number of benzene rings is 1. The Kier molecular flexibility index (Phi) is 3.56. The monoisotopic (exact) mass is 317 g/mol. The lowest BCUT2D eigenvalue weighted by Gasteiger charge is -2.10. The molecule has 0 aliphatic carbocycles. The maximum absolute atomic E-state index is 12.5. The van der Waals surface area contributed by atoms with Crippen LogP contribution >= 0.6 is 15.9 Å². The second-order valence-electron chi connectivity index (χ2n) is 3.41. The van der Waals surface area contributed by atoms with Crippen molar-refractivity contribution in [2.45, 2.75) is 6.18 Å². The van der Waals surface area contributed by atoms with Crippen LogP contribution in [0.2, 0.25) is 0 Å². The van der Waals surface area contributed by atoms with Crippen molar-refractivity contribution in [1.29, 1.82) is 0 Å². The second kappa shape index (κ2) is 4.97. The number of aromatic nitrogens is 1. The average molecular weight is 318 g/mol. The SMILES string of the molecule is FC(F)(F)c1ccc(Oc2ccccn2)c(Br)c1. The first-order valence-electron chi connectivity index (χ1n) is 4.92. The fourth-order valence-corrected chi connectivity index (χ4v) is 1.74. The topological polar surface area (TPSA) is 22.1 Å². The van der Waals surface area contributed by atoms with E-state index in [4.69, 9.17) is 4.74 Å². The second-order valence-corrected chi connectivity index (χ2v) is 4.27. The van der Waals surface area contributed by atoms with Gasteiger partial charge >= 0.3 is 6.18 Å². The largest absolute Gasteiger partial charge is 0.438 e. The summed E-state index contributed by atoms with van der Waals surface area (Å²) in [6.07, 6.45) is -2.83. The van der Waals surface area contributed by atoms with E-state index in [0.29, 0.717) is 5.88 Å². The van der Waals surface area contributed by atoms with E-state index >= 15 is 0 Å². The van der Waals surface area contributed by atoms with Crippen molar-refractivity contribution in [2.75, 3.05) is 0 Å². The highest BCUT2D eigenvalue weighted by molar-refractivity contribution is 9.10. The predicted molar refractivity (Wildman–Crippen MR) is 63.5 cm³/mol. The zero-order valence-electron chi connectivity index (χ0n) is 8.91. The Hall–Kier alpha value is -1.56. The quantitative estimate of drug-likeness (QED) is 0.804. The van der Waals surface area contributed by atoms with Crippen molar-refractivity contribution in [2.24, 2.45) is 0 Å². The van der Waals surface area contributed by atoms with Crippen LogP contribution in [-0.2, 0) is 6.18 Å². The van der Waals surface area contributed by atoms with E-state index in [1.165, 1.54) is 12.3 Å². The van der Waals surface area contributed by atoms with Crippen LogP contribution in [0.15, 0.2) is 47.1 Å². The van der Waals surface area contributed by atoms with E-state index in [9.17, 15) is 13.2 Å². The third-order valence-corrected chi connectivity index (χ3v) is 2.73. The van der Waals surface area contributed by atoms with Crippen LogP contribution in [-0.4, -0.2) is 4.98 Å². The summed E-state index contributed by atoms with van der Waals surface area (Å²) in [6, 6.07) is 8.24. The van der Waals surface area contributed by atoms with Gasteiger partial charge in [0.05, 0.1) is 10.0 Å². The minimum absolute atomic E-state index is 0.225. The number of hydrogen-bond donors (Lipinski definition) is 0. The molecule has 0 amide bonds. The molecular formula is C12H7BrF3NO. The van der Waals surface area contributed by atoms with Crippen molar-refractivity contribution in [1.82, 2.24) is 4.98 Å². The van der Waals surface area contributed by atoms with Gasteiger partial charge in [0.15, 0.2) is 0 Å². The molecule has 0 spiro atoms. The minimum Gasteiger partial charge on any atom is -0.438 e. The Morgan fingerprint density at radius 3 is 2.44 bits per heavy atom. The molecule has 0 radical (unpaired) electrons. The lowest BCUT2D eigenvalue weighted by Crippen LogP contribution is -2.04. The highest BCUT2D eigenvalue weighted by atomic mass is 79.9. The lowest BCUT2D eigenvalue weighted by atomic mass is 10.2. The first-order valence-corrected chi connectivity index (χ1v) is 5.72. The maximum Gasteiger partial charge on any atom is 0.416 e. The van der Waals surface area contributed by atoms with Crippen LogP contribution in [0.3, 0.4) is 0 Å². The van der Waals surface area contributed by atoms with Crippen molar-refractivity contribution >= 4 is 15.9 Å². The summed E-state index contributed by atoms with van der Waals surface area (Å²) in [7, 11) is 0. The van der Waals surface area contributed by atoms with E-state index in [1.807, 2.05) is 0 Å². The molecular weight excluding hydrogens is 311 g/mol. The number of nitrogens with zero attached hydrogens (tertiary/aromatic N) is 1. The van der Waals surface area contributed by atoms with Gasteiger partial charge in [-0.25, -0.2) is 4.98 Å². The van der Waals surface area contributed by atoms with Crippen molar-refractivity contribution < 1.29 is 17.9 Å². The van der Waals surface area contributed by atoms with Gasteiger partial charge in [-0.15, -0.1) is 0 Å². The molecule has 0 aliphatic heterocycles. The normalized spacial score (nSPS) is 11.3. The zero-order chi connectivity index (χ0) is 13.2. The lowest BCUT2D eigenvalue weighted by molar-refractivity contribution is -0.137. The molecule has 94 valence electrons. The first kappa shape index (κ1) is 12.9. The summed E-state index contributed by atoms with van der Waals surface area (Å²) in [5.41, 5.74) is -0.734. The number of halogens is 4. The molecule has 0 atom stereocenters. The number of alkyl halides is 3. The molecule has 2 rings (SSSR count). The van der Waals surface area contributed by atoms with E-state index in [-0.39, 0.29) is 10.2 Å². The van der Waals surface area contributed by atoms with Crippen molar-refractivity contribution in [3.05, 3.63) is 52.6 Å². The molecule has 18 heavy (non-hydrogen) atoms. The van der Waals surface area contributed by atoms with Gasteiger partial charge in [-0.05, 0) is 40.2 Å². The Balaban J connectivity index is 2.26. The molecule has 2 nitrogen and oxygen atoms in total. The Morgan fingerprint density at radius 2 is 1.89 bits per heavy atom. The minimum atomic E-state index is -4.37. The Labute approximate surface area is 110 Å². The molecule has 1 heterocycles. The van der Waals surface area contributed by atoms with Crippen LogP contribution in [0, 0.1) is 0 Å². The van der Waals surface area contributed by atoms with Crippen LogP contribution < -0.4 is 4.74 Å². The number of rotatable bonds is 2. The summed E-state index contributed by atoms with van der Waals surface area (Å²) in [4.78, 5) is 3.92. The van der Waals surface area contributed by atoms with Gasteiger partial charge < -0.3 is 4.74 Å². The van der Waals surface area contributed by atoms with E-state index in [0.717, 1.165) is 12.1 Å². The molecule has 0 saturated heterocycles. The zero-order valence-corrected chi connectivity index (χ0v) is 10.5. The summed E-state index contributed by atoms with van der Waals surface area (Å²) >= 11 is 3.04. The third kappa shape index (κ3) is 3.01. The van der Waals surface area contributed by atoms with E-state index in [2.05, 4.69) is 20.9 Å². The smallest absolute Gasteiger partial charge is 0.416 e. The van der Waals surface area contributed by atoms with Crippen LogP contribution in [0.25, 0.3) is 0 Å². The third-order valence-electron chi connectivity index (χ3n) is 2.11. The van der Waals surface area contributed by atoms with Gasteiger partial charge in [0, 0.05) is 12.3 Å². The van der Waals surface area contributed by atoms with Crippen molar-refractivity contribution in [3.63, 3.8) is 0 Å². The molecule has 0 saturated carbocycles. The molecule has 2 aromatic rings. The summed E-state index contributed by atoms with van der Waals surface area (Å²) in [6.45, 7) is 0. The molecule has 0 N–H and O–H groups in total. The van der Waals surface area contributed by atoms with Gasteiger partial charge in [0.1, 0.15) is 5.75 Å². The number of hydrogen-bond acceptors (Lipinski definition) is 2. The van der Waals surface area contributed by atoms with Gasteiger partial charge in [-0.1, -0.05) is 6.07 Å². The molecule has 0 unspecified atom stereocenters. The van der Waals surface area contributed by atoms with Crippen LogP contribution in [0.5, 0.6) is 11.6 Å². The molecule has 1 aromatic carbocycles. The standard InChI is InChI=1S/C12H7BrF3NO/c13-9-7-8(12(14,15)16)4-5-10(9)18-11-3-1-2-6-17-11/h1-7H. The Morgan fingerprint density at radius 1 is 1.11 bits per heavy atom. The van der Waals surface area contributed by atoms with E-state index in [1.54, 1.807) is 18.2 Å². The average Bonchev–Trinajstić information content (AvgIpc) is 2.32. The maximum atomic E-state index is 12.5. The highest BCUT2D eigenvalue weighted by Crippen LogP contribution is 2.36. The number of ether oxygens (including phenoxy) is 1. The van der Waals surface area contributed by atoms with Crippen molar-refractivity contribution in [3.8, 4) is 11.6 Å². The summed E-state index contributed by atoms with van der Waals surface area (Å²) in [5, 5.41) is 0. The predicted octanol–water partition coefficient (Wildman–Crippen LogP) is 4.66. The Bertz CT molecular complexity index is 543. The molecule has 0 aliphatic rings. The van der Waals surface area contributed by atoms with Gasteiger partial charge in [0.2, 0.25) is 5.88 Å². The molecule has 0 fully saturated rings.